The lowest BCUT2D eigenvalue weighted by Gasteiger charge is -2.42. The topological polar surface area (TPSA) is 115 Å². The summed E-state index contributed by atoms with van der Waals surface area (Å²) >= 11 is 0. The van der Waals surface area contributed by atoms with E-state index in [-0.39, 0.29) is 41.7 Å². The highest BCUT2D eigenvalue weighted by atomic mass is 19.4. The molecule has 11 heteroatoms. The third-order valence-corrected chi connectivity index (χ3v) is 7.10. The standard InChI is InChI=1S/C26H29F3N4O4/c1-3-25(4-2)13-19(34)33(24(30)32-25)14-15-8-7-9-16(12-15)23(36)31-20-17-10-5-6-11-18(17)37-22(21(20)35)26(27,28)29/h5-12,20-22,35H,3-4,13-14H2,1-2H3,(H2,30,32)(H,31,36). The van der Waals surface area contributed by atoms with E-state index < -0.39 is 35.9 Å². The number of carbonyl (C=O) groups excluding carboxylic acids is 2. The maximum Gasteiger partial charge on any atom is 0.428 e. The summed E-state index contributed by atoms with van der Waals surface area (Å²) in [6, 6.07) is 10.8. The lowest BCUT2D eigenvalue weighted by Crippen LogP contribution is -2.61. The molecule has 1 fully saturated rings. The first kappa shape index (κ1) is 26.5. The molecule has 4 rings (SSSR count). The summed E-state index contributed by atoms with van der Waals surface area (Å²) in [7, 11) is 0. The molecule has 37 heavy (non-hydrogen) atoms. The van der Waals surface area contributed by atoms with Crippen molar-refractivity contribution in [2.75, 3.05) is 0 Å². The van der Waals surface area contributed by atoms with Crippen LogP contribution in [0.15, 0.2) is 48.5 Å². The maximum atomic E-state index is 13.5. The van der Waals surface area contributed by atoms with Gasteiger partial charge in [-0.05, 0) is 36.6 Å². The van der Waals surface area contributed by atoms with E-state index in [0.717, 1.165) is 0 Å². The minimum absolute atomic E-state index is 0.0186. The van der Waals surface area contributed by atoms with Crippen LogP contribution in [0.25, 0.3) is 0 Å². The number of hydrogen-bond acceptors (Lipinski definition) is 5. The fraction of sp³-hybridized carbons (Fsp3) is 0.423. The third kappa shape index (κ3) is 5.27. The van der Waals surface area contributed by atoms with Crippen molar-refractivity contribution in [1.82, 2.24) is 15.5 Å². The molecular weight excluding hydrogens is 489 g/mol. The summed E-state index contributed by atoms with van der Waals surface area (Å²) < 4.78 is 45.5. The van der Waals surface area contributed by atoms with Gasteiger partial charge in [-0.15, -0.1) is 0 Å². The smallest absolute Gasteiger partial charge is 0.428 e. The number of nitrogens with one attached hydrogen (secondary N) is 3. The normalized spacial score (nSPS) is 23.1. The van der Waals surface area contributed by atoms with Crippen molar-refractivity contribution in [2.24, 2.45) is 0 Å². The summed E-state index contributed by atoms with van der Waals surface area (Å²) in [4.78, 5) is 27.2. The van der Waals surface area contributed by atoms with Crippen molar-refractivity contribution < 1.29 is 32.6 Å². The summed E-state index contributed by atoms with van der Waals surface area (Å²) in [5.41, 5.74) is 0.474. The molecule has 198 valence electrons. The SMILES string of the molecule is CCC1(CC)CC(=O)N(Cc2cccc(C(=O)NC3c4ccccc4OC(C(F)(F)F)C3O)c2)C(=N)N1. The lowest BCUT2D eigenvalue weighted by molar-refractivity contribution is -0.228. The Labute approximate surface area is 212 Å². The summed E-state index contributed by atoms with van der Waals surface area (Å²) in [6.07, 6.45) is -7.78. The number of aliphatic hydroxyl groups is 1. The summed E-state index contributed by atoms with van der Waals surface area (Å²) in [5, 5.41) is 24.5. The molecule has 0 radical (unpaired) electrons. The second-order valence-corrected chi connectivity index (χ2v) is 9.38. The van der Waals surface area contributed by atoms with Gasteiger partial charge in [-0.1, -0.05) is 44.2 Å². The third-order valence-electron chi connectivity index (χ3n) is 7.10. The Hall–Kier alpha value is -3.60. The number of halogens is 3. The molecule has 0 spiro atoms. The van der Waals surface area contributed by atoms with Gasteiger partial charge in [0.25, 0.3) is 5.91 Å². The van der Waals surface area contributed by atoms with Gasteiger partial charge in [0.2, 0.25) is 12.0 Å². The molecule has 4 N–H and O–H groups in total. The number of amides is 2. The van der Waals surface area contributed by atoms with Crippen LogP contribution in [0, 0.1) is 5.41 Å². The van der Waals surface area contributed by atoms with Gasteiger partial charge in [-0.25, -0.2) is 0 Å². The van der Waals surface area contributed by atoms with Crippen LogP contribution < -0.4 is 15.4 Å². The van der Waals surface area contributed by atoms with E-state index in [1.165, 1.54) is 35.2 Å². The molecule has 0 saturated carbocycles. The number of guanidine groups is 1. The molecule has 2 aliphatic rings. The van der Waals surface area contributed by atoms with Gasteiger partial charge in [0, 0.05) is 16.7 Å². The van der Waals surface area contributed by atoms with Crippen LogP contribution in [0.3, 0.4) is 0 Å². The number of nitrogens with zero attached hydrogens (tertiary/aromatic N) is 1. The van der Waals surface area contributed by atoms with Crippen LogP contribution >= 0.6 is 0 Å². The first-order valence-electron chi connectivity index (χ1n) is 12.1. The number of ether oxygens (including phenoxy) is 1. The molecular formula is C26H29F3N4O4. The highest BCUT2D eigenvalue weighted by Crippen LogP contribution is 2.40. The number of fused-ring (bicyclic) bond motifs is 1. The summed E-state index contributed by atoms with van der Waals surface area (Å²) in [6.45, 7) is 3.97. The minimum atomic E-state index is -4.84. The highest BCUT2D eigenvalue weighted by molar-refractivity contribution is 5.99. The number of alkyl halides is 3. The fourth-order valence-electron chi connectivity index (χ4n) is 4.77. The summed E-state index contributed by atoms with van der Waals surface area (Å²) in [5.74, 6) is -0.992. The molecule has 0 aromatic heterocycles. The fourth-order valence-corrected chi connectivity index (χ4v) is 4.77. The first-order valence-corrected chi connectivity index (χ1v) is 12.1. The molecule has 2 heterocycles. The zero-order chi connectivity index (χ0) is 27.0. The number of rotatable bonds is 6. The van der Waals surface area contributed by atoms with Gasteiger partial charge >= 0.3 is 6.18 Å². The van der Waals surface area contributed by atoms with Crippen molar-refractivity contribution in [1.29, 1.82) is 5.41 Å². The molecule has 2 aromatic carbocycles. The van der Waals surface area contributed by atoms with E-state index in [1.54, 1.807) is 18.2 Å². The molecule has 0 aliphatic carbocycles. The number of benzene rings is 2. The molecule has 3 atom stereocenters. The van der Waals surface area contributed by atoms with E-state index >= 15 is 0 Å². The molecule has 0 bridgehead atoms. The van der Waals surface area contributed by atoms with Crippen molar-refractivity contribution in [2.45, 2.75) is 69.6 Å². The van der Waals surface area contributed by atoms with Gasteiger partial charge in [-0.2, -0.15) is 13.2 Å². The first-order chi connectivity index (χ1) is 17.5. The average molecular weight is 519 g/mol. The van der Waals surface area contributed by atoms with Crippen molar-refractivity contribution in [3.8, 4) is 5.75 Å². The number of para-hydroxylation sites is 1. The van der Waals surface area contributed by atoms with Crippen LogP contribution in [0.5, 0.6) is 5.75 Å². The molecule has 1 saturated heterocycles. The predicted molar refractivity (Wildman–Crippen MR) is 129 cm³/mol. The van der Waals surface area contributed by atoms with Gasteiger partial charge in [0.1, 0.15) is 11.9 Å². The Morgan fingerprint density at radius 2 is 1.92 bits per heavy atom. The van der Waals surface area contributed by atoms with Gasteiger partial charge < -0.3 is 20.5 Å². The molecule has 2 aliphatic heterocycles. The van der Waals surface area contributed by atoms with Gasteiger partial charge in [-0.3, -0.25) is 19.9 Å². The minimum Gasteiger partial charge on any atom is -0.478 e. The molecule has 3 unspecified atom stereocenters. The molecule has 8 nitrogen and oxygen atoms in total. The zero-order valence-electron chi connectivity index (χ0n) is 20.4. The van der Waals surface area contributed by atoms with Crippen molar-refractivity contribution >= 4 is 17.8 Å². The average Bonchev–Trinajstić information content (AvgIpc) is 2.87. The largest absolute Gasteiger partial charge is 0.478 e. The zero-order valence-corrected chi connectivity index (χ0v) is 20.4. The predicted octanol–water partition coefficient (Wildman–Crippen LogP) is 3.66. The van der Waals surface area contributed by atoms with Crippen LogP contribution in [0.1, 0.15) is 60.6 Å². The Balaban J connectivity index is 1.53. The van der Waals surface area contributed by atoms with E-state index in [1.807, 2.05) is 13.8 Å². The van der Waals surface area contributed by atoms with Crippen molar-refractivity contribution in [3.05, 3.63) is 65.2 Å². The van der Waals surface area contributed by atoms with Crippen LogP contribution in [0.2, 0.25) is 0 Å². The number of hydrogen-bond donors (Lipinski definition) is 4. The Morgan fingerprint density at radius 1 is 1.22 bits per heavy atom. The molecule has 2 amide bonds. The van der Waals surface area contributed by atoms with E-state index in [4.69, 9.17) is 10.1 Å². The molecule has 2 aromatic rings. The Morgan fingerprint density at radius 3 is 2.57 bits per heavy atom. The second-order valence-electron chi connectivity index (χ2n) is 9.38. The van der Waals surface area contributed by atoms with Crippen molar-refractivity contribution in [3.63, 3.8) is 0 Å². The Kier molecular flexibility index (Phi) is 7.18. The van der Waals surface area contributed by atoms with Crippen LogP contribution in [-0.4, -0.2) is 51.7 Å². The van der Waals surface area contributed by atoms with Crippen LogP contribution in [-0.2, 0) is 11.3 Å². The van der Waals surface area contributed by atoms with E-state index in [9.17, 15) is 27.9 Å². The highest BCUT2D eigenvalue weighted by Gasteiger charge is 2.52. The maximum absolute atomic E-state index is 13.5. The van der Waals surface area contributed by atoms with E-state index in [2.05, 4.69) is 10.6 Å². The Bertz CT molecular complexity index is 1180. The second kappa shape index (κ2) is 10.0. The number of carbonyl (C=O) groups is 2. The van der Waals surface area contributed by atoms with E-state index in [0.29, 0.717) is 18.4 Å². The van der Waals surface area contributed by atoms with Gasteiger partial charge in [0.05, 0.1) is 19.0 Å². The van der Waals surface area contributed by atoms with Gasteiger partial charge in [0.15, 0.2) is 5.96 Å². The van der Waals surface area contributed by atoms with Crippen LogP contribution in [0.4, 0.5) is 13.2 Å². The lowest BCUT2D eigenvalue weighted by atomic mass is 9.87. The quantitative estimate of drug-likeness (QED) is 0.466. The monoisotopic (exact) mass is 518 g/mol. The number of aliphatic hydroxyl groups excluding tert-OH is 1.